The first kappa shape index (κ1) is 9.00. The minimum absolute atomic E-state index is 0.274. The van der Waals surface area contributed by atoms with Crippen molar-refractivity contribution in [1.29, 1.82) is 0 Å². The van der Waals surface area contributed by atoms with Crippen LogP contribution in [0.5, 0.6) is 0 Å². The Kier molecular flexibility index (Phi) is 2.54. The van der Waals surface area contributed by atoms with Crippen LogP contribution >= 0.6 is 0 Å². The smallest absolute Gasteiger partial charge is 0.226 e. The molecule has 1 saturated carbocycles. The summed E-state index contributed by atoms with van der Waals surface area (Å²) in [6.45, 7) is 4.47. The van der Waals surface area contributed by atoms with Gasteiger partial charge in [0, 0.05) is 19.1 Å². The molecule has 0 bridgehead atoms. The zero-order valence-corrected chi connectivity index (χ0v) is 8.16. The molecule has 3 nitrogen and oxygen atoms in total. The minimum atomic E-state index is 0.274. The second kappa shape index (κ2) is 3.66. The molecule has 1 aliphatic heterocycles. The number of hydrogen-bond donors (Lipinski definition) is 0. The first-order valence-corrected chi connectivity index (χ1v) is 5.17. The summed E-state index contributed by atoms with van der Waals surface area (Å²) in [6, 6.07) is 0.274. The summed E-state index contributed by atoms with van der Waals surface area (Å²) >= 11 is 0. The van der Waals surface area contributed by atoms with E-state index in [9.17, 15) is 4.79 Å². The van der Waals surface area contributed by atoms with Crippen LogP contribution in [0.2, 0.25) is 0 Å². The molecule has 2 rings (SSSR count). The van der Waals surface area contributed by atoms with Crippen molar-refractivity contribution >= 4 is 5.91 Å². The van der Waals surface area contributed by atoms with Gasteiger partial charge in [0.25, 0.3) is 0 Å². The van der Waals surface area contributed by atoms with Crippen molar-refractivity contribution in [1.82, 2.24) is 4.90 Å². The average Bonchev–Trinajstić information content (AvgIpc) is 2.89. The van der Waals surface area contributed by atoms with Gasteiger partial charge in [-0.05, 0) is 26.2 Å². The maximum absolute atomic E-state index is 11.8. The molecule has 2 aliphatic rings. The second-order valence-corrected chi connectivity index (χ2v) is 4.08. The molecule has 0 aromatic heterocycles. The van der Waals surface area contributed by atoms with Crippen LogP contribution < -0.4 is 0 Å². The van der Waals surface area contributed by atoms with E-state index >= 15 is 0 Å². The fourth-order valence-corrected chi connectivity index (χ4v) is 1.79. The Hall–Kier alpha value is -0.570. The summed E-state index contributed by atoms with van der Waals surface area (Å²) < 4.78 is 5.39. The molecule has 0 radical (unpaired) electrons. The van der Waals surface area contributed by atoms with E-state index in [-0.39, 0.29) is 6.04 Å². The number of hydrogen-bond acceptors (Lipinski definition) is 2. The third-order valence-corrected chi connectivity index (χ3v) is 2.79. The van der Waals surface area contributed by atoms with Crippen LogP contribution in [-0.4, -0.2) is 36.6 Å². The van der Waals surface area contributed by atoms with Crippen molar-refractivity contribution in [2.45, 2.75) is 32.2 Å². The van der Waals surface area contributed by atoms with E-state index in [1.165, 1.54) is 0 Å². The van der Waals surface area contributed by atoms with Gasteiger partial charge in [-0.2, -0.15) is 0 Å². The van der Waals surface area contributed by atoms with E-state index in [0.29, 0.717) is 18.4 Å². The number of carbonyl (C=O) groups is 1. The molecule has 1 atom stereocenters. The molecule has 1 saturated heterocycles. The number of carbonyl (C=O) groups excluding carboxylic acids is 1. The number of nitrogens with zero attached hydrogens (tertiary/aromatic N) is 1. The summed E-state index contributed by atoms with van der Waals surface area (Å²) in [7, 11) is 0. The zero-order chi connectivity index (χ0) is 9.26. The predicted molar refractivity (Wildman–Crippen MR) is 49.3 cm³/mol. The molecule has 1 aliphatic carbocycles. The summed E-state index contributed by atoms with van der Waals surface area (Å²) in [4.78, 5) is 13.8. The molecule has 1 heterocycles. The maximum atomic E-state index is 11.8. The Morgan fingerprint density at radius 1 is 1.46 bits per heavy atom. The Labute approximate surface area is 79.0 Å². The van der Waals surface area contributed by atoms with E-state index in [2.05, 4.69) is 6.92 Å². The molecule has 0 aromatic carbocycles. The van der Waals surface area contributed by atoms with Crippen molar-refractivity contribution in [2.75, 3.05) is 19.8 Å². The van der Waals surface area contributed by atoms with Gasteiger partial charge in [0.1, 0.15) is 0 Å². The van der Waals surface area contributed by atoms with Gasteiger partial charge in [-0.1, -0.05) is 0 Å². The van der Waals surface area contributed by atoms with Gasteiger partial charge in [0.05, 0.1) is 12.6 Å². The highest BCUT2D eigenvalue weighted by molar-refractivity contribution is 5.81. The van der Waals surface area contributed by atoms with E-state index in [4.69, 9.17) is 4.74 Å². The maximum Gasteiger partial charge on any atom is 0.226 e. The van der Waals surface area contributed by atoms with Gasteiger partial charge in [-0.25, -0.2) is 0 Å². The number of rotatable bonds is 1. The standard InChI is InChI=1S/C10H17NO2/c1-8-7-13-6-2-5-11(8)10(12)9-3-4-9/h8-9H,2-7H2,1H3. The van der Waals surface area contributed by atoms with Crippen molar-refractivity contribution in [3.05, 3.63) is 0 Å². The Bertz CT molecular complexity index is 201. The number of amides is 1. The molecule has 0 aromatic rings. The van der Waals surface area contributed by atoms with Gasteiger partial charge in [-0.15, -0.1) is 0 Å². The van der Waals surface area contributed by atoms with Crippen molar-refractivity contribution in [2.24, 2.45) is 5.92 Å². The van der Waals surface area contributed by atoms with Crippen molar-refractivity contribution < 1.29 is 9.53 Å². The monoisotopic (exact) mass is 183 g/mol. The zero-order valence-electron chi connectivity index (χ0n) is 8.16. The highest BCUT2D eigenvalue weighted by Crippen LogP contribution is 2.31. The fraction of sp³-hybridized carbons (Fsp3) is 0.900. The first-order valence-electron chi connectivity index (χ1n) is 5.17. The van der Waals surface area contributed by atoms with Gasteiger partial charge in [0.15, 0.2) is 0 Å². The normalized spacial score (nSPS) is 29.9. The van der Waals surface area contributed by atoms with Crippen LogP contribution in [0.3, 0.4) is 0 Å². The fourth-order valence-electron chi connectivity index (χ4n) is 1.79. The van der Waals surface area contributed by atoms with Crippen LogP contribution in [0.15, 0.2) is 0 Å². The van der Waals surface area contributed by atoms with E-state index in [1.54, 1.807) is 0 Å². The number of ether oxygens (including phenoxy) is 1. The van der Waals surface area contributed by atoms with E-state index < -0.39 is 0 Å². The highest BCUT2D eigenvalue weighted by atomic mass is 16.5. The molecule has 0 N–H and O–H groups in total. The molecule has 1 amide bonds. The topological polar surface area (TPSA) is 29.5 Å². The van der Waals surface area contributed by atoms with E-state index in [1.807, 2.05) is 4.90 Å². The first-order chi connectivity index (χ1) is 6.29. The quantitative estimate of drug-likeness (QED) is 0.607. The largest absolute Gasteiger partial charge is 0.379 e. The van der Waals surface area contributed by atoms with Gasteiger partial charge in [-0.3, -0.25) is 4.79 Å². The summed E-state index contributed by atoms with van der Waals surface area (Å²) in [5.41, 5.74) is 0. The molecule has 2 fully saturated rings. The summed E-state index contributed by atoms with van der Waals surface area (Å²) in [6.07, 6.45) is 3.19. The Morgan fingerprint density at radius 2 is 2.23 bits per heavy atom. The summed E-state index contributed by atoms with van der Waals surface area (Å²) in [5, 5.41) is 0. The lowest BCUT2D eigenvalue weighted by Crippen LogP contribution is -2.41. The molecule has 3 heteroatoms. The lowest BCUT2D eigenvalue weighted by atomic mass is 10.2. The second-order valence-electron chi connectivity index (χ2n) is 4.08. The molecule has 1 unspecified atom stereocenters. The van der Waals surface area contributed by atoms with Gasteiger partial charge in [0.2, 0.25) is 5.91 Å². The van der Waals surface area contributed by atoms with Crippen LogP contribution in [0.4, 0.5) is 0 Å². The SMILES string of the molecule is CC1COCCCN1C(=O)C1CC1. The average molecular weight is 183 g/mol. The third kappa shape index (κ3) is 2.02. The Balaban J connectivity index is 1.96. The van der Waals surface area contributed by atoms with Crippen LogP contribution in [0.25, 0.3) is 0 Å². The van der Waals surface area contributed by atoms with Crippen LogP contribution in [0.1, 0.15) is 26.2 Å². The van der Waals surface area contributed by atoms with E-state index in [0.717, 1.165) is 32.4 Å². The molecule has 74 valence electrons. The summed E-state index contributed by atoms with van der Waals surface area (Å²) in [5.74, 6) is 0.707. The van der Waals surface area contributed by atoms with Crippen molar-refractivity contribution in [3.8, 4) is 0 Å². The molecular weight excluding hydrogens is 166 g/mol. The lowest BCUT2D eigenvalue weighted by molar-refractivity contribution is -0.134. The van der Waals surface area contributed by atoms with Gasteiger partial charge < -0.3 is 9.64 Å². The van der Waals surface area contributed by atoms with Crippen molar-refractivity contribution in [3.63, 3.8) is 0 Å². The highest BCUT2D eigenvalue weighted by Gasteiger charge is 2.35. The van der Waals surface area contributed by atoms with Crippen LogP contribution in [-0.2, 0) is 9.53 Å². The molecule has 0 spiro atoms. The van der Waals surface area contributed by atoms with Crippen LogP contribution in [0, 0.1) is 5.92 Å². The molecular formula is C10H17NO2. The van der Waals surface area contributed by atoms with Gasteiger partial charge >= 0.3 is 0 Å². The third-order valence-electron chi connectivity index (χ3n) is 2.79. The lowest BCUT2D eigenvalue weighted by Gasteiger charge is -2.26. The Morgan fingerprint density at radius 3 is 2.92 bits per heavy atom. The molecule has 13 heavy (non-hydrogen) atoms. The minimum Gasteiger partial charge on any atom is -0.379 e. The predicted octanol–water partition coefficient (Wildman–Crippen LogP) is 1.03.